The van der Waals surface area contributed by atoms with Gasteiger partial charge in [-0.3, -0.25) is 4.98 Å². The predicted octanol–water partition coefficient (Wildman–Crippen LogP) is 6.41. The first-order valence-corrected chi connectivity index (χ1v) is 9.63. The quantitative estimate of drug-likeness (QED) is 0.486. The SMILES string of the molecule is CCC=C(C)c1ccc(CN(Cc2ccccn2)c2ccc(C)cc2)cc1. The Labute approximate surface area is 163 Å². The van der Waals surface area contributed by atoms with Crippen LogP contribution in [0.4, 0.5) is 5.69 Å². The topological polar surface area (TPSA) is 16.1 Å². The van der Waals surface area contributed by atoms with E-state index in [0.717, 1.165) is 25.2 Å². The van der Waals surface area contributed by atoms with Crippen LogP contribution in [0, 0.1) is 6.92 Å². The molecule has 0 spiro atoms. The lowest BCUT2D eigenvalue weighted by atomic mass is 10.0. The highest BCUT2D eigenvalue weighted by Gasteiger charge is 2.09. The summed E-state index contributed by atoms with van der Waals surface area (Å²) in [6.45, 7) is 8.13. The number of hydrogen-bond acceptors (Lipinski definition) is 2. The van der Waals surface area contributed by atoms with Crippen LogP contribution in [0.1, 0.15) is 42.7 Å². The summed E-state index contributed by atoms with van der Waals surface area (Å²) in [5, 5.41) is 0. The molecule has 0 aliphatic carbocycles. The molecule has 0 aliphatic heterocycles. The van der Waals surface area contributed by atoms with Crippen molar-refractivity contribution in [3.63, 3.8) is 0 Å². The Morgan fingerprint density at radius 3 is 2.30 bits per heavy atom. The first-order valence-electron chi connectivity index (χ1n) is 9.63. The summed E-state index contributed by atoms with van der Waals surface area (Å²) < 4.78 is 0. The Balaban J connectivity index is 1.82. The molecule has 0 atom stereocenters. The number of benzene rings is 2. The first kappa shape index (κ1) is 18.9. The maximum Gasteiger partial charge on any atom is 0.0605 e. The lowest BCUT2D eigenvalue weighted by Crippen LogP contribution is -2.22. The zero-order chi connectivity index (χ0) is 19.1. The minimum Gasteiger partial charge on any atom is -0.361 e. The van der Waals surface area contributed by atoms with Crippen molar-refractivity contribution < 1.29 is 0 Å². The molecule has 0 aliphatic rings. The third-order valence-electron chi connectivity index (χ3n) is 4.77. The Bertz CT molecular complexity index is 862. The molecule has 3 rings (SSSR count). The van der Waals surface area contributed by atoms with Gasteiger partial charge in [0.1, 0.15) is 0 Å². The highest BCUT2D eigenvalue weighted by molar-refractivity contribution is 5.63. The fourth-order valence-corrected chi connectivity index (χ4v) is 3.20. The summed E-state index contributed by atoms with van der Waals surface area (Å²) >= 11 is 0. The second-order valence-electron chi connectivity index (χ2n) is 7.00. The number of aromatic nitrogens is 1. The molecular weight excluding hydrogens is 328 g/mol. The molecule has 1 heterocycles. The van der Waals surface area contributed by atoms with E-state index < -0.39 is 0 Å². The van der Waals surface area contributed by atoms with Crippen LogP contribution in [0.2, 0.25) is 0 Å². The zero-order valence-electron chi connectivity index (χ0n) is 16.5. The molecule has 3 aromatic rings. The van der Waals surface area contributed by atoms with Crippen LogP contribution in [0.15, 0.2) is 79.0 Å². The minimum atomic E-state index is 0.792. The monoisotopic (exact) mass is 356 g/mol. The summed E-state index contributed by atoms with van der Waals surface area (Å²) in [5.74, 6) is 0. The van der Waals surface area contributed by atoms with E-state index in [1.165, 1.54) is 28.0 Å². The summed E-state index contributed by atoms with van der Waals surface area (Å²) in [5.41, 5.74) is 7.52. The van der Waals surface area contributed by atoms with Gasteiger partial charge in [0.2, 0.25) is 0 Å². The second kappa shape index (κ2) is 9.18. The van der Waals surface area contributed by atoms with E-state index in [1.807, 2.05) is 18.3 Å². The van der Waals surface area contributed by atoms with Gasteiger partial charge in [0.15, 0.2) is 0 Å². The molecule has 2 nitrogen and oxygen atoms in total. The average Bonchev–Trinajstić information content (AvgIpc) is 2.70. The molecule has 0 bridgehead atoms. The molecule has 0 fully saturated rings. The number of pyridine rings is 1. The Morgan fingerprint density at radius 1 is 0.926 bits per heavy atom. The molecule has 0 N–H and O–H groups in total. The third kappa shape index (κ3) is 5.30. The van der Waals surface area contributed by atoms with Gasteiger partial charge in [0, 0.05) is 18.4 Å². The van der Waals surface area contributed by atoms with Crippen molar-refractivity contribution in [1.29, 1.82) is 0 Å². The van der Waals surface area contributed by atoms with E-state index >= 15 is 0 Å². The average molecular weight is 357 g/mol. The van der Waals surface area contributed by atoms with Crippen molar-refractivity contribution in [2.45, 2.75) is 40.3 Å². The fourth-order valence-electron chi connectivity index (χ4n) is 3.20. The van der Waals surface area contributed by atoms with Gasteiger partial charge in [-0.05, 0) is 61.2 Å². The van der Waals surface area contributed by atoms with E-state index in [1.54, 1.807) is 0 Å². The number of anilines is 1. The van der Waals surface area contributed by atoms with Gasteiger partial charge in [0.25, 0.3) is 0 Å². The summed E-state index contributed by atoms with van der Waals surface area (Å²) in [7, 11) is 0. The molecule has 0 unspecified atom stereocenters. The van der Waals surface area contributed by atoms with Crippen molar-refractivity contribution in [3.8, 4) is 0 Å². The zero-order valence-corrected chi connectivity index (χ0v) is 16.5. The second-order valence-corrected chi connectivity index (χ2v) is 7.00. The maximum absolute atomic E-state index is 4.51. The maximum atomic E-state index is 4.51. The van der Waals surface area contributed by atoms with E-state index in [-0.39, 0.29) is 0 Å². The normalized spacial score (nSPS) is 11.4. The summed E-state index contributed by atoms with van der Waals surface area (Å²) in [4.78, 5) is 6.89. The van der Waals surface area contributed by atoms with E-state index in [9.17, 15) is 0 Å². The Hall–Kier alpha value is -2.87. The van der Waals surface area contributed by atoms with Crippen LogP contribution in [0.5, 0.6) is 0 Å². The summed E-state index contributed by atoms with van der Waals surface area (Å²) in [6, 6.07) is 23.8. The minimum absolute atomic E-state index is 0.792. The predicted molar refractivity (Wildman–Crippen MR) is 116 cm³/mol. The van der Waals surface area contributed by atoms with Crippen molar-refractivity contribution in [1.82, 2.24) is 4.98 Å². The van der Waals surface area contributed by atoms with Crippen LogP contribution in [0.25, 0.3) is 5.57 Å². The largest absolute Gasteiger partial charge is 0.361 e. The van der Waals surface area contributed by atoms with Crippen LogP contribution < -0.4 is 4.90 Å². The van der Waals surface area contributed by atoms with Crippen LogP contribution in [-0.4, -0.2) is 4.98 Å². The Morgan fingerprint density at radius 2 is 1.67 bits per heavy atom. The van der Waals surface area contributed by atoms with E-state index in [0.29, 0.717) is 0 Å². The van der Waals surface area contributed by atoms with E-state index in [2.05, 4.69) is 91.3 Å². The molecule has 2 aromatic carbocycles. The molecule has 27 heavy (non-hydrogen) atoms. The molecular formula is C25H28N2. The van der Waals surface area contributed by atoms with Gasteiger partial charge in [-0.15, -0.1) is 0 Å². The van der Waals surface area contributed by atoms with Gasteiger partial charge in [0.05, 0.1) is 12.2 Å². The standard InChI is InChI=1S/C25H28N2/c1-4-7-21(3)23-13-11-22(12-14-23)18-27(19-24-8-5-6-17-26-24)25-15-9-20(2)10-16-25/h5-17H,4,18-19H2,1-3H3. The third-order valence-corrected chi connectivity index (χ3v) is 4.77. The number of hydrogen-bond donors (Lipinski definition) is 0. The molecule has 1 aromatic heterocycles. The highest BCUT2D eigenvalue weighted by Crippen LogP contribution is 2.22. The van der Waals surface area contributed by atoms with Gasteiger partial charge in [-0.25, -0.2) is 0 Å². The van der Waals surface area contributed by atoms with Crippen LogP contribution in [0.3, 0.4) is 0 Å². The summed E-state index contributed by atoms with van der Waals surface area (Å²) in [6.07, 6.45) is 5.20. The van der Waals surface area contributed by atoms with Gasteiger partial charge in [-0.2, -0.15) is 0 Å². The van der Waals surface area contributed by atoms with E-state index in [4.69, 9.17) is 0 Å². The van der Waals surface area contributed by atoms with Gasteiger partial charge < -0.3 is 4.90 Å². The molecule has 2 heteroatoms. The lowest BCUT2D eigenvalue weighted by molar-refractivity contribution is 0.781. The number of nitrogens with zero attached hydrogens (tertiary/aromatic N) is 2. The molecule has 0 radical (unpaired) electrons. The number of aryl methyl sites for hydroxylation is 1. The number of rotatable bonds is 7. The van der Waals surface area contributed by atoms with Gasteiger partial charge >= 0.3 is 0 Å². The van der Waals surface area contributed by atoms with Crippen LogP contribution in [-0.2, 0) is 13.1 Å². The number of allylic oxidation sites excluding steroid dienone is 2. The Kier molecular flexibility index (Phi) is 6.43. The van der Waals surface area contributed by atoms with Crippen molar-refractivity contribution >= 4 is 11.3 Å². The molecule has 0 saturated heterocycles. The molecule has 138 valence electrons. The fraction of sp³-hybridized carbons (Fsp3) is 0.240. The molecule has 0 saturated carbocycles. The molecule has 0 amide bonds. The van der Waals surface area contributed by atoms with Crippen molar-refractivity contribution in [2.24, 2.45) is 0 Å². The van der Waals surface area contributed by atoms with Crippen molar-refractivity contribution in [3.05, 3.63) is 101 Å². The smallest absolute Gasteiger partial charge is 0.0605 e. The lowest BCUT2D eigenvalue weighted by Gasteiger charge is -2.25. The van der Waals surface area contributed by atoms with Gasteiger partial charge in [-0.1, -0.05) is 61.0 Å². The van der Waals surface area contributed by atoms with Crippen molar-refractivity contribution in [2.75, 3.05) is 4.90 Å². The van der Waals surface area contributed by atoms with Crippen LogP contribution >= 0.6 is 0 Å². The highest BCUT2D eigenvalue weighted by atomic mass is 15.1. The first-order chi connectivity index (χ1) is 13.2.